The van der Waals surface area contributed by atoms with Crippen molar-refractivity contribution in [2.75, 3.05) is 6.54 Å². The number of hydrogen-bond acceptors (Lipinski definition) is 4. The zero-order valence-electron chi connectivity index (χ0n) is 12.1. The molecule has 6 nitrogen and oxygen atoms in total. The maximum Gasteiger partial charge on any atom is 0.242 e. The summed E-state index contributed by atoms with van der Waals surface area (Å²) in [6, 6.07) is 4.91. The van der Waals surface area contributed by atoms with Crippen LogP contribution in [0.4, 0.5) is 0 Å². The molecule has 0 aliphatic heterocycles. The van der Waals surface area contributed by atoms with E-state index < -0.39 is 10.0 Å². The molecule has 0 aromatic carbocycles. The molecule has 3 N–H and O–H groups in total. The lowest BCUT2D eigenvalue weighted by Gasteiger charge is -2.13. The van der Waals surface area contributed by atoms with Crippen molar-refractivity contribution >= 4 is 10.0 Å². The number of sulfonamides is 1. The maximum atomic E-state index is 12.3. The predicted molar refractivity (Wildman–Crippen MR) is 81.1 cm³/mol. The zero-order valence-corrected chi connectivity index (χ0v) is 12.9. The lowest BCUT2D eigenvalue weighted by Crippen LogP contribution is -2.26. The van der Waals surface area contributed by atoms with E-state index in [1.807, 2.05) is 6.92 Å². The van der Waals surface area contributed by atoms with Crippen LogP contribution in [0.15, 0.2) is 41.7 Å². The van der Waals surface area contributed by atoms with Crippen LogP contribution in [0.1, 0.15) is 31.1 Å². The number of aromatic amines is 1. The van der Waals surface area contributed by atoms with Crippen molar-refractivity contribution < 1.29 is 8.42 Å². The first-order chi connectivity index (χ1) is 10.0. The highest BCUT2D eigenvalue weighted by Gasteiger charge is 2.19. The Hall–Kier alpha value is -1.70. The molecule has 0 spiro atoms. The molecule has 1 unspecified atom stereocenters. The number of hydrogen-bond donors (Lipinski definition) is 3. The largest absolute Gasteiger partial charge is 0.363 e. The highest BCUT2D eigenvalue weighted by Crippen LogP contribution is 2.17. The Labute approximate surface area is 125 Å². The molecule has 2 heterocycles. The zero-order chi connectivity index (χ0) is 15.3. The summed E-state index contributed by atoms with van der Waals surface area (Å²) in [5.74, 6) is 0. The Morgan fingerprint density at radius 1 is 1.33 bits per heavy atom. The standard InChI is InChI=1S/C14H20N4O2S/c1-3-15-9-13-8-14(10-17-13)21(19,20)18-11(2)12-4-6-16-7-5-12/h4-8,10-11,15,17-18H,3,9H2,1-2H3. The molecule has 0 fully saturated rings. The van der Waals surface area contributed by atoms with Gasteiger partial charge in [-0.3, -0.25) is 4.98 Å². The molecule has 7 heteroatoms. The van der Waals surface area contributed by atoms with Gasteiger partial charge in [-0.05, 0) is 37.2 Å². The molecule has 0 bridgehead atoms. The molecular formula is C14H20N4O2S. The minimum atomic E-state index is -3.54. The van der Waals surface area contributed by atoms with E-state index in [9.17, 15) is 8.42 Å². The number of aromatic nitrogens is 2. The topological polar surface area (TPSA) is 86.9 Å². The summed E-state index contributed by atoms with van der Waals surface area (Å²) in [5.41, 5.74) is 1.71. The second kappa shape index (κ2) is 6.84. The second-order valence-corrected chi connectivity index (χ2v) is 6.48. The van der Waals surface area contributed by atoms with E-state index in [0.717, 1.165) is 17.8 Å². The molecule has 2 aromatic heterocycles. The van der Waals surface area contributed by atoms with E-state index >= 15 is 0 Å². The van der Waals surface area contributed by atoms with Gasteiger partial charge in [0.05, 0.1) is 4.90 Å². The first kappa shape index (κ1) is 15.7. The van der Waals surface area contributed by atoms with Gasteiger partial charge in [-0.15, -0.1) is 0 Å². The minimum Gasteiger partial charge on any atom is -0.363 e. The monoisotopic (exact) mass is 308 g/mol. The molecule has 2 rings (SSSR count). The summed E-state index contributed by atoms with van der Waals surface area (Å²) in [7, 11) is -3.54. The summed E-state index contributed by atoms with van der Waals surface area (Å²) in [4.78, 5) is 7.14. The summed E-state index contributed by atoms with van der Waals surface area (Å²) >= 11 is 0. The average molecular weight is 308 g/mol. The first-order valence-electron chi connectivity index (χ1n) is 6.83. The number of H-pyrrole nitrogens is 1. The quantitative estimate of drug-likeness (QED) is 0.724. The van der Waals surface area contributed by atoms with Crippen molar-refractivity contribution in [3.05, 3.63) is 48.0 Å². The molecule has 0 radical (unpaired) electrons. The molecular weight excluding hydrogens is 288 g/mol. The van der Waals surface area contributed by atoms with E-state index in [4.69, 9.17) is 0 Å². The number of pyridine rings is 1. The summed E-state index contributed by atoms with van der Waals surface area (Å²) < 4.78 is 27.3. The lowest BCUT2D eigenvalue weighted by molar-refractivity contribution is 0.567. The van der Waals surface area contributed by atoms with Crippen molar-refractivity contribution in [3.63, 3.8) is 0 Å². The van der Waals surface area contributed by atoms with Gasteiger partial charge < -0.3 is 10.3 Å². The summed E-state index contributed by atoms with van der Waals surface area (Å²) in [5, 5.41) is 3.14. The van der Waals surface area contributed by atoms with Crippen LogP contribution in [0.2, 0.25) is 0 Å². The van der Waals surface area contributed by atoms with Crippen molar-refractivity contribution in [2.24, 2.45) is 0 Å². The normalized spacial score (nSPS) is 13.2. The Morgan fingerprint density at radius 3 is 2.71 bits per heavy atom. The Morgan fingerprint density at radius 2 is 2.05 bits per heavy atom. The molecule has 0 amide bonds. The number of rotatable bonds is 7. The number of nitrogens with zero attached hydrogens (tertiary/aromatic N) is 1. The molecule has 0 saturated heterocycles. The van der Waals surface area contributed by atoms with Gasteiger partial charge in [0, 0.05) is 36.9 Å². The third-order valence-electron chi connectivity index (χ3n) is 3.13. The molecule has 2 aromatic rings. The average Bonchev–Trinajstić information content (AvgIpc) is 2.95. The summed E-state index contributed by atoms with van der Waals surface area (Å²) in [6.07, 6.45) is 4.80. The maximum absolute atomic E-state index is 12.3. The van der Waals surface area contributed by atoms with Crippen LogP contribution in [-0.4, -0.2) is 24.9 Å². The van der Waals surface area contributed by atoms with Crippen LogP contribution in [-0.2, 0) is 16.6 Å². The van der Waals surface area contributed by atoms with E-state index in [-0.39, 0.29) is 10.9 Å². The molecule has 0 saturated carbocycles. The smallest absolute Gasteiger partial charge is 0.242 e. The third-order valence-corrected chi connectivity index (χ3v) is 4.65. The van der Waals surface area contributed by atoms with Crippen LogP contribution in [0.3, 0.4) is 0 Å². The van der Waals surface area contributed by atoms with E-state index in [2.05, 4.69) is 20.0 Å². The van der Waals surface area contributed by atoms with Crippen molar-refractivity contribution in [1.29, 1.82) is 0 Å². The predicted octanol–water partition coefficient (Wildman–Crippen LogP) is 1.56. The highest BCUT2D eigenvalue weighted by molar-refractivity contribution is 7.89. The molecule has 0 aliphatic carbocycles. The minimum absolute atomic E-state index is 0.247. The van der Waals surface area contributed by atoms with Gasteiger partial charge in [0.1, 0.15) is 0 Å². The van der Waals surface area contributed by atoms with Gasteiger partial charge in [-0.25, -0.2) is 13.1 Å². The fourth-order valence-corrected chi connectivity index (χ4v) is 3.21. The molecule has 1 atom stereocenters. The van der Waals surface area contributed by atoms with Crippen LogP contribution in [0, 0.1) is 0 Å². The molecule has 114 valence electrons. The van der Waals surface area contributed by atoms with Crippen molar-refractivity contribution in [3.8, 4) is 0 Å². The van der Waals surface area contributed by atoms with Gasteiger partial charge in [-0.2, -0.15) is 0 Å². The third kappa shape index (κ3) is 4.13. The van der Waals surface area contributed by atoms with Crippen LogP contribution < -0.4 is 10.0 Å². The van der Waals surface area contributed by atoms with Crippen molar-refractivity contribution in [1.82, 2.24) is 20.0 Å². The van der Waals surface area contributed by atoms with E-state index in [1.54, 1.807) is 37.5 Å². The van der Waals surface area contributed by atoms with Gasteiger partial charge in [0.2, 0.25) is 10.0 Å². The molecule has 0 aliphatic rings. The first-order valence-corrected chi connectivity index (χ1v) is 8.31. The Kier molecular flexibility index (Phi) is 5.11. The Bertz CT molecular complexity index is 667. The van der Waals surface area contributed by atoms with Gasteiger partial charge in [0.15, 0.2) is 0 Å². The van der Waals surface area contributed by atoms with Crippen LogP contribution in [0.5, 0.6) is 0 Å². The van der Waals surface area contributed by atoms with Crippen LogP contribution >= 0.6 is 0 Å². The fourth-order valence-electron chi connectivity index (χ4n) is 1.96. The van der Waals surface area contributed by atoms with E-state index in [1.165, 1.54) is 6.20 Å². The summed E-state index contributed by atoms with van der Waals surface area (Å²) in [6.45, 7) is 5.25. The van der Waals surface area contributed by atoms with Gasteiger partial charge in [0.25, 0.3) is 0 Å². The van der Waals surface area contributed by atoms with E-state index in [0.29, 0.717) is 6.54 Å². The van der Waals surface area contributed by atoms with Gasteiger partial charge >= 0.3 is 0 Å². The lowest BCUT2D eigenvalue weighted by atomic mass is 10.1. The SMILES string of the molecule is CCNCc1cc(S(=O)(=O)NC(C)c2ccncc2)c[nH]1. The van der Waals surface area contributed by atoms with Crippen molar-refractivity contribution in [2.45, 2.75) is 31.3 Å². The fraction of sp³-hybridized carbons (Fsp3) is 0.357. The highest BCUT2D eigenvalue weighted by atomic mass is 32.2. The second-order valence-electron chi connectivity index (χ2n) is 4.76. The van der Waals surface area contributed by atoms with Crippen LogP contribution in [0.25, 0.3) is 0 Å². The molecule has 21 heavy (non-hydrogen) atoms. The van der Waals surface area contributed by atoms with Gasteiger partial charge in [-0.1, -0.05) is 6.92 Å². The number of nitrogens with one attached hydrogen (secondary N) is 3. The Balaban J connectivity index is 2.09.